The fraction of sp³-hybridized carbons (Fsp3) is 0.583. The third-order valence-electron chi connectivity index (χ3n) is 3.96. The Morgan fingerprint density at radius 1 is 1.29 bits per heavy atom. The van der Waals surface area contributed by atoms with Crippen molar-refractivity contribution in [3.8, 4) is 0 Å². The maximum atomic E-state index is 12.1. The number of carbonyl (C=O) groups is 1. The number of anilines is 1. The molecule has 90 valence electrons. The lowest BCUT2D eigenvalue weighted by Gasteiger charge is -2.20. The van der Waals surface area contributed by atoms with Gasteiger partial charge in [-0.05, 0) is 43.2 Å². The third kappa shape index (κ3) is 2.14. The molecule has 0 radical (unpaired) electrons. The molecule has 4 nitrogen and oxygen atoms in total. The van der Waals surface area contributed by atoms with Gasteiger partial charge in [-0.25, -0.2) is 0 Å². The molecule has 5 heteroatoms. The van der Waals surface area contributed by atoms with E-state index in [-0.39, 0.29) is 11.8 Å². The van der Waals surface area contributed by atoms with Crippen molar-refractivity contribution in [2.75, 3.05) is 5.32 Å². The summed E-state index contributed by atoms with van der Waals surface area (Å²) in [5, 5.41) is 10.7. The monoisotopic (exact) mass is 251 g/mol. The Morgan fingerprint density at radius 2 is 2.18 bits per heavy atom. The molecule has 2 aliphatic carbocycles. The molecule has 3 unspecified atom stereocenters. The van der Waals surface area contributed by atoms with Crippen LogP contribution in [-0.4, -0.2) is 16.1 Å². The van der Waals surface area contributed by atoms with E-state index in [2.05, 4.69) is 15.5 Å². The molecule has 1 aromatic rings. The molecule has 1 aromatic heterocycles. The van der Waals surface area contributed by atoms with E-state index in [0.29, 0.717) is 16.9 Å². The average Bonchev–Trinajstić information content (AvgIpc) is 2.94. The Kier molecular flexibility index (Phi) is 2.74. The van der Waals surface area contributed by atoms with E-state index < -0.39 is 0 Å². The first-order chi connectivity index (χ1) is 8.22. The minimum atomic E-state index is 0.0915. The lowest BCUT2D eigenvalue weighted by Crippen LogP contribution is -2.27. The molecule has 2 fully saturated rings. The Hall–Kier alpha value is -1.16. The van der Waals surface area contributed by atoms with Crippen molar-refractivity contribution < 1.29 is 4.79 Å². The molecule has 2 aliphatic rings. The van der Waals surface area contributed by atoms with Gasteiger partial charge < -0.3 is 5.32 Å². The molecule has 0 spiro atoms. The molecule has 1 amide bonds. The maximum absolute atomic E-state index is 12.1. The number of fused-ring (bicyclic) bond motifs is 2. The van der Waals surface area contributed by atoms with Crippen LogP contribution in [0.3, 0.4) is 0 Å². The molecule has 0 saturated heterocycles. The highest BCUT2D eigenvalue weighted by Crippen LogP contribution is 2.48. The fourth-order valence-corrected chi connectivity index (χ4v) is 3.27. The van der Waals surface area contributed by atoms with Crippen LogP contribution in [0.4, 0.5) is 5.82 Å². The van der Waals surface area contributed by atoms with Gasteiger partial charge in [-0.2, -0.15) is 0 Å². The van der Waals surface area contributed by atoms with Crippen LogP contribution in [0.5, 0.6) is 0 Å². The molecular weight excluding hydrogens is 238 g/mol. The Morgan fingerprint density at radius 3 is 2.76 bits per heavy atom. The number of hydrogen-bond acceptors (Lipinski definition) is 3. The van der Waals surface area contributed by atoms with E-state index in [0.717, 1.165) is 12.3 Å². The lowest BCUT2D eigenvalue weighted by molar-refractivity contribution is -0.121. The van der Waals surface area contributed by atoms with Gasteiger partial charge >= 0.3 is 0 Å². The highest BCUT2D eigenvalue weighted by Gasteiger charge is 2.43. The summed E-state index contributed by atoms with van der Waals surface area (Å²) in [6.45, 7) is 0. The van der Waals surface area contributed by atoms with Crippen LogP contribution in [0.25, 0.3) is 0 Å². The van der Waals surface area contributed by atoms with Crippen LogP contribution < -0.4 is 5.32 Å². The molecule has 1 N–H and O–H groups in total. The lowest BCUT2D eigenvalue weighted by atomic mass is 9.88. The number of amides is 1. The van der Waals surface area contributed by atoms with Gasteiger partial charge in [0.25, 0.3) is 0 Å². The third-order valence-corrected chi connectivity index (χ3v) is 4.16. The summed E-state index contributed by atoms with van der Waals surface area (Å²) in [5.41, 5.74) is 0. The summed E-state index contributed by atoms with van der Waals surface area (Å²) in [7, 11) is 0. The quantitative estimate of drug-likeness (QED) is 0.879. The topological polar surface area (TPSA) is 54.9 Å². The number of nitrogens with one attached hydrogen (secondary N) is 1. The van der Waals surface area contributed by atoms with Crippen molar-refractivity contribution in [3.63, 3.8) is 0 Å². The molecule has 17 heavy (non-hydrogen) atoms. The number of halogens is 1. The SMILES string of the molecule is O=C(Nc1ccc(Cl)nn1)C1CC2CCC1C2. The summed E-state index contributed by atoms with van der Waals surface area (Å²) in [5.74, 6) is 2.11. The van der Waals surface area contributed by atoms with Crippen molar-refractivity contribution in [2.45, 2.75) is 25.7 Å². The summed E-state index contributed by atoms with van der Waals surface area (Å²) in [6.07, 6.45) is 4.77. The Balaban J connectivity index is 1.65. The first-order valence-electron chi connectivity index (χ1n) is 6.02. The van der Waals surface area contributed by atoms with E-state index in [1.54, 1.807) is 12.1 Å². The van der Waals surface area contributed by atoms with Gasteiger partial charge in [-0.1, -0.05) is 18.0 Å². The van der Waals surface area contributed by atoms with Gasteiger partial charge in [-0.3, -0.25) is 4.79 Å². The van der Waals surface area contributed by atoms with Crippen LogP contribution >= 0.6 is 11.6 Å². The van der Waals surface area contributed by atoms with Gasteiger partial charge in [0, 0.05) is 5.92 Å². The smallest absolute Gasteiger partial charge is 0.228 e. The molecular formula is C12H14ClN3O. The zero-order chi connectivity index (χ0) is 11.8. The summed E-state index contributed by atoms with van der Waals surface area (Å²) in [4.78, 5) is 12.1. The normalized spacial score (nSPS) is 30.5. The van der Waals surface area contributed by atoms with Crippen LogP contribution in [0, 0.1) is 17.8 Å². The first-order valence-corrected chi connectivity index (χ1v) is 6.40. The average molecular weight is 252 g/mol. The van der Waals surface area contributed by atoms with Crippen LogP contribution in [0.2, 0.25) is 5.15 Å². The predicted molar refractivity (Wildman–Crippen MR) is 64.6 cm³/mol. The van der Waals surface area contributed by atoms with Gasteiger partial charge in [0.15, 0.2) is 11.0 Å². The highest BCUT2D eigenvalue weighted by atomic mass is 35.5. The molecule has 2 saturated carbocycles. The number of aromatic nitrogens is 2. The molecule has 1 heterocycles. The van der Waals surface area contributed by atoms with Gasteiger partial charge in [0.05, 0.1) is 0 Å². The highest BCUT2D eigenvalue weighted by molar-refractivity contribution is 6.29. The number of nitrogens with zero attached hydrogens (tertiary/aromatic N) is 2. The van der Waals surface area contributed by atoms with Crippen molar-refractivity contribution in [1.82, 2.24) is 10.2 Å². The second-order valence-corrected chi connectivity index (χ2v) is 5.40. The van der Waals surface area contributed by atoms with E-state index in [1.807, 2.05) is 0 Å². The van der Waals surface area contributed by atoms with Crippen LogP contribution in [0.1, 0.15) is 25.7 Å². The van der Waals surface area contributed by atoms with Gasteiger partial charge in [-0.15, -0.1) is 10.2 Å². The zero-order valence-electron chi connectivity index (χ0n) is 9.40. The standard InChI is InChI=1S/C12H14ClN3O/c13-10-3-4-11(16-15-10)14-12(17)9-6-7-1-2-8(9)5-7/h3-4,7-9H,1-2,5-6H2,(H,14,16,17). The number of rotatable bonds is 2. The number of hydrogen-bond donors (Lipinski definition) is 1. The van der Waals surface area contributed by atoms with E-state index in [1.165, 1.54) is 19.3 Å². The van der Waals surface area contributed by atoms with E-state index in [9.17, 15) is 4.79 Å². The van der Waals surface area contributed by atoms with Crippen molar-refractivity contribution in [2.24, 2.45) is 17.8 Å². The summed E-state index contributed by atoms with van der Waals surface area (Å²) in [6, 6.07) is 3.31. The Bertz CT molecular complexity index is 434. The molecule has 0 aromatic carbocycles. The molecule has 3 rings (SSSR count). The summed E-state index contributed by atoms with van der Waals surface area (Å²) < 4.78 is 0. The predicted octanol–water partition coefficient (Wildman–Crippen LogP) is 2.50. The van der Waals surface area contributed by atoms with Gasteiger partial charge in [0.2, 0.25) is 5.91 Å². The second kappa shape index (κ2) is 4.26. The zero-order valence-corrected chi connectivity index (χ0v) is 10.2. The van der Waals surface area contributed by atoms with E-state index >= 15 is 0 Å². The van der Waals surface area contributed by atoms with Crippen LogP contribution in [-0.2, 0) is 4.79 Å². The molecule has 0 aliphatic heterocycles. The van der Waals surface area contributed by atoms with Crippen LogP contribution in [0.15, 0.2) is 12.1 Å². The minimum Gasteiger partial charge on any atom is -0.309 e. The van der Waals surface area contributed by atoms with Crippen molar-refractivity contribution in [1.29, 1.82) is 0 Å². The molecule has 2 bridgehead atoms. The minimum absolute atomic E-state index is 0.0915. The largest absolute Gasteiger partial charge is 0.309 e. The summed E-state index contributed by atoms with van der Waals surface area (Å²) >= 11 is 5.64. The van der Waals surface area contributed by atoms with Crippen molar-refractivity contribution in [3.05, 3.63) is 17.3 Å². The first kappa shape index (κ1) is 11.0. The fourth-order valence-electron chi connectivity index (χ4n) is 3.17. The number of carbonyl (C=O) groups excluding carboxylic acids is 1. The molecule has 3 atom stereocenters. The van der Waals surface area contributed by atoms with E-state index in [4.69, 9.17) is 11.6 Å². The second-order valence-electron chi connectivity index (χ2n) is 5.01. The Labute approximate surface area is 105 Å². The van der Waals surface area contributed by atoms with Gasteiger partial charge in [0.1, 0.15) is 0 Å². The maximum Gasteiger partial charge on any atom is 0.228 e. The van der Waals surface area contributed by atoms with Crippen molar-refractivity contribution >= 4 is 23.3 Å².